The molecule has 1 rings (SSSR count). The van der Waals surface area contributed by atoms with Crippen LogP contribution in [0, 0.1) is 5.41 Å². The van der Waals surface area contributed by atoms with Crippen molar-refractivity contribution in [3.05, 3.63) is 0 Å². The van der Waals surface area contributed by atoms with Gasteiger partial charge in [0.25, 0.3) is 0 Å². The summed E-state index contributed by atoms with van der Waals surface area (Å²) in [7, 11) is 0. The molecule has 4 heteroatoms. The lowest BCUT2D eigenvalue weighted by Crippen LogP contribution is -2.67. The monoisotopic (exact) mass is 242 g/mol. The standard InChI is InChI=1S/C13H26N2O2/c1-12(2,3)7-10-9(14)8-15(10)11(16)17-13(4,5)6/h9-10H,7-8,14H2,1-6H3. The molecule has 0 saturated carbocycles. The van der Waals surface area contributed by atoms with E-state index in [2.05, 4.69) is 20.8 Å². The molecule has 0 aliphatic carbocycles. The van der Waals surface area contributed by atoms with E-state index in [1.807, 2.05) is 20.8 Å². The average Bonchev–Trinajstić information content (AvgIpc) is 2.06. The highest BCUT2D eigenvalue weighted by Crippen LogP contribution is 2.31. The molecule has 100 valence electrons. The topological polar surface area (TPSA) is 55.6 Å². The second kappa shape index (κ2) is 4.48. The van der Waals surface area contributed by atoms with Gasteiger partial charge in [0.05, 0.1) is 6.04 Å². The first-order valence-corrected chi connectivity index (χ1v) is 6.25. The summed E-state index contributed by atoms with van der Waals surface area (Å²) in [6.07, 6.45) is 0.668. The summed E-state index contributed by atoms with van der Waals surface area (Å²) in [5.74, 6) is 0. The maximum atomic E-state index is 11.9. The van der Waals surface area contributed by atoms with Gasteiger partial charge in [-0.3, -0.25) is 0 Å². The Bertz CT molecular complexity index is 289. The van der Waals surface area contributed by atoms with Gasteiger partial charge >= 0.3 is 6.09 Å². The van der Waals surface area contributed by atoms with Crippen LogP contribution in [0.1, 0.15) is 48.0 Å². The van der Waals surface area contributed by atoms with Crippen molar-refractivity contribution in [1.82, 2.24) is 4.90 Å². The molecule has 1 heterocycles. The van der Waals surface area contributed by atoms with Gasteiger partial charge in [0.1, 0.15) is 5.60 Å². The van der Waals surface area contributed by atoms with Gasteiger partial charge in [0.15, 0.2) is 0 Å². The second-order valence-electron chi connectivity index (χ2n) is 7.13. The van der Waals surface area contributed by atoms with Crippen molar-refractivity contribution in [2.75, 3.05) is 6.54 Å². The summed E-state index contributed by atoms with van der Waals surface area (Å²) >= 11 is 0. The molecule has 2 unspecified atom stereocenters. The van der Waals surface area contributed by atoms with Gasteiger partial charge in [-0.2, -0.15) is 0 Å². The fourth-order valence-corrected chi connectivity index (χ4v) is 2.00. The SMILES string of the molecule is CC(C)(C)CC1C(N)CN1C(=O)OC(C)(C)C. The van der Waals surface area contributed by atoms with Gasteiger partial charge in [-0.05, 0) is 32.6 Å². The number of amides is 1. The molecule has 0 aromatic heterocycles. The number of likely N-dealkylation sites (tertiary alicyclic amines) is 1. The summed E-state index contributed by atoms with van der Waals surface area (Å²) in [6, 6.07) is 0.201. The number of hydrogen-bond acceptors (Lipinski definition) is 3. The average molecular weight is 242 g/mol. The summed E-state index contributed by atoms with van der Waals surface area (Å²) in [6.45, 7) is 12.7. The first-order chi connectivity index (χ1) is 7.49. The number of nitrogens with zero attached hydrogens (tertiary/aromatic N) is 1. The zero-order valence-corrected chi connectivity index (χ0v) is 11.9. The van der Waals surface area contributed by atoms with E-state index < -0.39 is 5.60 Å². The third kappa shape index (κ3) is 4.19. The van der Waals surface area contributed by atoms with E-state index >= 15 is 0 Å². The molecule has 0 spiro atoms. The Kier molecular flexibility index (Phi) is 3.77. The number of rotatable bonds is 1. The van der Waals surface area contributed by atoms with E-state index in [1.54, 1.807) is 4.90 Å². The third-order valence-electron chi connectivity index (χ3n) is 2.75. The number of carbonyl (C=O) groups excluding carboxylic acids is 1. The van der Waals surface area contributed by atoms with Crippen LogP contribution < -0.4 is 5.73 Å². The van der Waals surface area contributed by atoms with E-state index in [9.17, 15) is 4.79 Å². The lowest BCUT2D eigenvalue weighted by atomic mass is 9.81. The molecule has 0 radical (unpaired) electrons. The lowest BCUT2D eigenvalue weighted by Gasteiger charge is -2.48. The molecule has 1 aliphatic rings. The van der Waals surface area contributed by atoms with Gasteiger partial charge in [-0.15, -0.1) is 0 Å². The minimum absolute atomic E-state index is 0.0849. The molecule has 2 N–H and O–H groups in total. The molecular weight excluding hydrogens is 216 g/mol. The number of hydrogen-bond donors (Lipinski definition) is 1. The van der Waals surface area contributed by atoms with Crippen LogP contribution in [-0.4, -0.2) is 35.2 Å². The second-order valence-corrected chi connectivity index (χ2v) is 7.13. The Morgan fingerprint density at radius 3 is 2.18 bits per heavy atom. The van der Waals surface area contributed by atoms with Crippen LogP contribution in [0.5, 0.6) is 0 Å². The summed E-state index contributed by atoms with van der Waals surface area (Å²) in [5, 5.41) is 0. The largest absolute Gasteiger partial charge is 0.444 e. The number of ether oxygens (including phenoxy) is 1. The van der Waals surface area contributed by atoms with Crippen molar-refractivity contribution < 1.29 is 9.53 Å². The van der Waals surface area contributed by atoms with E-state index in [4.69, 9.17) is 10.5 Å². The third-order valence-corrected chi connectivity index (χ3v) is 2.75. The Labute approximate surface area is 104 Å². The molecule has 17 heavy (non-hydrogen) atoms. The van der Waals surface area contributed by atoms with Crippen molar-refractivity contribution in [2.45, 2.75) is 65.6 Å². The molecule has 0 bridgehead atoms. The minimum Gasteiger partial charge on any atom is -0.444 e. The minimum atomic E-state index is -0.441. The highest BCUT2D eigenvalue weighted by atomic mass is 16.6. The molecule has 0 aromatic carbocycles. The normalized spacial score (nSPS) is 25.5. The fraction of sp³-hybridized carbons (Fsp3) is 0.923. The van der Waals surface area contributed by atoms with Crippen LogP contribution in [0.2, 0.25) is 0 Å². The first-order valence-electron chi connectivity index (χ1n) is 6.25. The maximum absolute atomic E-state index is 11.9. The Hall–Kier alpha value is -0.770. The quantitative estimate of drug-likeness (QED) is 0.768. The predicted octanol–water partition coefficient (Wildman–Crippen LogP) is 2.37. The summed E-state index contributed by atoms with van der Waals surface area (Å²) in [5.41, 5.74) is 5.70. The highest BCUT2D eigenvalue weighted by Gasteiger charge is 2.43. The van der Waals surface area contributed by atoms with Gasteiger partial charge in [0.2, 0.25) is 0 Å². The summed E-state index contributed by atoms with van der Waals surface area (Å²) < 4.78 is 5.37. The van der Waals surface area contributed by atoms with Crippen molar-refractivity contribution in [2.24, 2.45) is 11.1 Å². The fourth-order valence-electron chi connectivity index (χ4n) is 2.00. The highest BCUT2D eigenvalue weighted by molar-refractivity contribution is 5.70. The molecule has 0 aromatic rings. The zero-order valence-electron chi connectivity index (χ0n) is 11.9. The van der Waals surface area contributed by atoms with Crippen molar-refractivity contribution in [3.63, 3.8) is 0 Å². The molecule has 2 atom stereocenters. The van der Waals surface area contributed by atoms with Crippen LogP contribution in [0.4, 0.5) is 4.79 Å². The first kappa shape index (κ1) is 14.3. The Morgan fingerprint density at radius 2 is 1.82 bits per heavy atom. The van der Waals surface area contributed by atoms with Crippen molar-refractivity contribution >= 4 is 6.09 Å². The number of nitrogens with two attached hydrogens (primary N) is 1. The van der Waals surface area contributed by atoms with Crippen LogP contribution >= 0.6 is 0 Å². The number of carbonyl (C=O) groups is 1. The van der Waals surface area contributed by atoms with Gasteiger partial charge in [-0.1, -0.05) is 20.8 Å². The summed E-state index contributed by atoms with van der Waals surface area (Å²) in [4.78, 5) is 13.7. The molecule has 1 saturated heterocycles. The zero-order chi connectivity index (χ0) is 13.4. The van der Waals surface area contributed by atoms with Crippen molar-refractivity contribution in [3.8, 4) is 0 Å². The van der Waals surface area contributed by atoms with Gasteiger partial charge in [-0.25, -0.2) is 4.79 Å². The Morgan fingerprint density at radius 1 is 1.29 bits per heavy atom. The maximum Gasteiger partial charge on any atom is 0.410 e. The van der Waals surface area contributed by atoms with Crippen LogP contribution in [0.3, 0.4) is 0 Å². The van der Waals surface area contributed by atoms with Crippen molar-refractivity contribution in [1.29, 1.82) is 0 Å². The Balaban J connectivity index is 2.58. The van der Waals surface area contributed by atoms with Crippen LogP contribution in [-0.2, 0) is 4.74 Å². The lowest BCUT2D eigenvalue weighted by molar-refractivity contribution is -0.0209. The molecule has 4 nitrogen and oxygen atoms in total. The van der Waals surface area contributed by atoms with E-state index in [1.165, 1.54) is 0 Å². The molecule has 1 amide bonds. The molecule has 1 fully saturated rings. The molecule has 1 aliphatic heterocycles. The predicted molar refractivity (Wildman–Crippen MR) is 68.8 cm³/mol. The van der Waals surface area contributed by atoms with E-state index in [-0.39, 0.29) is 23.6 Å². The van der Waals surface area contributed by atoms with E-state index in [0.717, 1.165) is 6.42 Å². The van der Waals surface area contributed by atoms with Gasteiger partial charge < -0.3 is 15.4 Å². The molecular formula is C13H26N2O2. The van der Waals surface area contributed by atoms with Crippen LogP contribution in [0.15, 0.2) is 0 Å². The van der Waals surface area contributed by atoms with Crippen LogP contribution in [0.25, 0.3) is 0 Å². The smallest absolute Gasteiger partial charge is 0.410 e. The van der Waals surface area contributed by atoms with Gasteiger partial charge in [0, 0.05) is 12.6 Å². The van der Waals surface area contributed by atoms with E-state index in [0.29, 0.717) is 6.54 Å².